The maximum Gasteiger partial charge on any atom is 0.134 e. The average Bonchev–Trinajstić information content (AvgIpc) is 2.78. The van der Waals surface area contributed by atoms with Crippen molar-refractivity contribution in [2.45, 2.75) is 39.0 Å². The van der Waals surface area contributed by atoms with Crippen LogP contribution in [0, 0.1) is 0 Å². The van der Waals surface area contributed by atoms with E-state index in [4.69, 9.17) is 4.42 Å². The van der Waals surface area contributed by atoms with Crippen molar-refractivity contribution < 1.29 is 4.42 Å². The Bertz CT molecular complexity index is 525. The van der Waals surface area contributed by atoms with Crippen LogP contribution in [-0.4, -0.2) is 13.6 Å². The molecule has 0 spiro atoms. The summed E-state index contributed by atoms with van der Waals surface area (Å²) >= 11 is 0. The van der Waals surface area contributed by atoms with Gasteiger partial charge in [-0.25, -0.2) is 0 Å². The summed E-state index contributed by atoms with van der Waals surface area (Å²) in [4.78, 5) is 0. The normalized spacial score (nSPS) is 12.2. The quantitative estimate of drug-likeness (QED) is 0.864. The minimum absolute atomic E-state index is 0.228. The van der Waals surface area contributed by atoms with E-state index in [1.807, 2.05) is 13.3 Å². The lowest BCUT2D eigenvalue weighted by Gasteiger charge is -2.23. The van der Waals surface area contributed by atoms with Crippen LogP contribution in [0.4, 0.5) is 0 Å². The average molecular weight is 245 g/mol. The van der Waals surface area contributed by atoms with Crippen molar-refractivity contribution in [1.29, 1.82) is 0 Å². The maximum atomic E-state index is 5.62. The van der Waals surface area contributed by atoms with Crippen LogP contribution in [0.25, 0.3) is 11.0 Å². The summed E-state index contributed by atoms with van der Waals surface area (Å²) in [5, 5.41) is 4.45. The molecule has 0 aliphatic carbocycles. The molecule has 0 aliphatic rings. The van der Waals surface area contributed by atoms with Gasteiger partial charge in [0.05, 0.1) is 6.26 Å². The number of likely N-dealkylation sites (N-methyl/N-ethyl adjacent to an activating group) is 1. The molecule has 0 saturated heterocycles. The van der Waals surface area contributed by atoms with Crippen molar-refractivity contribution in [3.8, 4) is 0 Å². The van der Waals surface area contributed by atoms with Gasteiger partial charge in [0.15, 0.2) is 0 Å². The zero-order valence-electron chi connectivity index (χ0n) is 11.8. The second-order valence-electron chi connectivity index (χ2n) is 5.56. The van der Waals surface area contributed by atoms with Gasteiger partial charge < -0.3 is 9.73 Å². The standard InChI is InChI=1S/C16H23NO/c1-5-16(2,3)13-6-7-15-14(10-13)12(11-18-15)8-9-17-4/h6-7,10-11,17H,5,8-9H2,1-4H3. The van der Waals surface area contributed by atoms with Crippen molar-refractivity contribution in [3.63, 3.8) is 0 Å². The molecule has 0 saturated carbocycles. The van der Waals surface area contributed by atoms with Crippen LogP contribution in [0.5, 0.6) is 0 Å². The minimum atomic E-state index is 0.228. The number of rotatable bonds is 5. The van der Waals surface area contributed by atoms with Gasteiger partial charge in [0, 0.05) is 5.39 Å². The molecule has 2 nitrogen and oxygen atoms in total. The van der Waals surface area contributed by atoms with Crippen molar-refractivity contribution >= 4 is 11.0 Å². The van der Waals surface area contributed by atoms with E-state index in [2.05, 4.69) is 44.3 Å². The number of hydrogen-bond acceptors (Lipinski definition) is 2. The lowest BCUT2D eigenvalue weighted by atomic mass is 9.82. The Hall–Kier alpha value is -1.28. The van der Waals surface area contributed by atoms with E-state index in [0.717, 1.165) is 25.0 Å². The van der Waals surface area contributed by atoms with Gasteiger partial charge in [0.2, 0.25) is 0 Å². The summed E-state index contributed by atoms with van der Waals surface area (Å²) in [6.07, 6.45) is 4.05. The molecule has 98 valence electrons. The summed E-state index contributed by atoms with van der Waals surface area (Å²) in [7, 11) is 1.98. The molecule has 1 heterocycles. The lowest BCUT2D eigenvalue weighted by Crippen LogP contribution is -2.15. The number of fused-ring (bicyclic) bond motifs is 1. The topological polar surface area (TPSA) is 25.2 Å². The molecule has 2 aromatic rings. The summed E-state index contributed by atoms with van der Waals surface area (Å²) in [6.45, 7) is 7.81. The number of nitrogens with one attached hydrogen (secondary N) is 1. The van der Waals surface area contributed by atoms with Gasteiger partial charge in [-0.05, 0) is 55.1 Å². The summed E-state index contributed by atoms with van der Waals surface area (Å²) < 4.78 is 5.62. The molecule has 0 amide bonds. The molecule has 18 heavy (non-hydrogen) atoms. The lowest BCUT2D eigenvalue weighted by molar-refractivity contribution is 0.506. The summed E-state index contributed by atoms with van der Waals surface area (Å²) in [6, 6.07) is 6.59. The van der Waals surface area contributed by atoms with Crippen LogP contribution in [-0.2, 0) is 11.8 Å². The van der Waals surface area contributed by atoms with E-state index in [9.17, 15) is 0 Å². The van der Waals surface area contributed by atoms with E-state index in [-0.39, 0.29) is 5.41 Å². The van der Waals surface area contributed by atoms with Gasteiger partial charge >= 0.3 is 0 Å². The molecule has 0 aliphatic heterocycles. The predicted octanol–water partition coefficient (Wildman–Crippen LogP) is 3.88. The largest absolute Gasteiger partial charge is 0.464 e. The van der Waals surface area contributed by atoms with Crippen molar-refractivity contribution in [1.82, 2.24) is 5.32 Å². The van der Waals surface area contributed by atoms with Gasteiger partial charge in [0.1, 0.15) is 5.58 Å². The Labute approximate surface area is 109 Å². The predicted molar refractivity (Wildman–Crippen MR) is 77.2 cm³/mol. The fourth-order valence-electron chi connectivity index (χ4n) is 2.16. The first kappa shape index (κ1) is 13.2. The van der Waals surface area contributed by atoms with E-state index in [1.165, 1.54) is 16.5 Å². The highest BCUT2D eigenvalue weighted by atomic mass is 16.3. The fraction of sp³-hybridized carbons (Fsp3) is 0.500. The van der Waals surface area contributed by atoms with Gasteiger partial charge in [-0.15, -0.1) is 0 Å². The number of benzene rings is 1. The molecule has 1 aromatic heterocycles. The van der Waals surface area contributed by atoms with E-state index < -0.39 is 0 Å². The van der Waals surface area contributed by atoms with Gasteiger partial charge in [-0.1, -0.05) is 26.8 Å². The highest BCUT2D eigenvalue weighted by molar-refractivity contribution is 5.82. The first-order valence-electron chi connectivity index (χ1n) is 6.73. The Kier molecular flexibility index (Phi) is 3.76. The second kappa shape index (κ2) is 5.15. The molecule has 0 unspecified atom stereocenters. The van der Waals surface area contributed by atoms with Crippen LogP contribution >= 0.6 is 0 Å². The molecule has 2 rings (SSSR count). The SMILES string of the molecule is CCC(C)(C)c1ccc2occ(CCNC)c2c1. The summed E-state index contributed by atoms with van der Waals surface area (Å²) in [5.41, 5.74) is 3.92. The van der Waals surface area contributed by atoms with Crippen LogP contribution < -0.4 is 5.32 Å². The zero-order valence-corrected chi connectivity index (χ0v) is 11.8. The van der Waals surface area contributed by atoms with E-state index in [0.29, 0.717) is 0 Å². The number of furan rings is 1. The third kappa shape index (κ3) is 2.44. The van der Waals surface area contributed by atoms with Crippen LogP contribution in [0.1, 0.15) is 38.3 Å². The van der Waals surface area contributed by atoms with Crippen LogP contribution in [0.2, 0.25) is 0 Å². The maximum absolute atomic E-state index is 5.62. The Balaban J connectivity index is 2.42. The molecule has 2 heteroatoms. The minimum Gasteiger partial charge on any atom is -0.464 e. The van der Waals surface area contributed by atoms with Crippen LogP contribution in [0.15, 0.2) is 28.9 Å². The monoisotopic (exact) mass is 245 g/mol. The first-order chi connectivity index (χ1) is 8.58. The molecule has 0 fully saturated rings. The van der Waals surface area contributed by atoms with Gasteiger partial charge in [0.25, 0.3) is 0 Å². The Morgan fingerprint density at radius 3 is 2.72 bits per heavy atom. The molecule has 0 atom stereocenters. The number of hydrogen-bond donors (Lipinski definition) is 1. The zero-order chi connectivity index (χ0) is 13.2. The van der Waals surface area contributed by atoms with Crippen molar-refractivity contribution in [3.05, 3.63) is 35.6 Å². The highest BCUT2D eigenvalue weighted by Crippen LogP contribution is 2.31. The molecule has 1 aromatic carbocycles. The van der Waals surface area contributed by atoms with Crippen LogP contribution in [0.3, 0.4) is 0 Å². The van der Waals surface area contributed by atoms with Gasteiger partial charge in [-0.3, -0.25) is 0 Å². The van der Waals surface area contributed by atoms with E-state index in [1.54, 1.807) is 0 Å². The summed E-state index contributed by atoms with van der Waals surface area (Å²) in [5.74, 6) is 0. The Morgan fingerprint density at radius 1 is 1.28 bits per heavy atom. The van der Waals surface area contributed by atoms with E-state index >= 15 is 0 Å². The molecular weight excluding hydrogens is 222 g/mol. The smallest absolute Gasteiger partial charge is 0.134 e. The third-order valence-electron chi connectivity index (χ3n) is 3.96. The van der Waals surface area contributed by atoms with Gasteiger partial charge in [-0.2, -0.15) is 0 Å². The molecule has 0 radical (unpaired) electrons. The highest BCUT2D eigenvalue weighted by Gasteiger charge is 2.19. The molecular formula is C16H23NO. The first-order valence-corrected chi connectivity index (χ1v) is 6.73. The fourth-order valence-corrected chi connectivity index (χ4v) is 2.16. The second-order valence-corrected chi connectivity index (χ2v) is 5.56. The van der Waals surface area contributed by atoms with Crippen molar-refractivity contribution in [2.24, 2.45) is 0 Å². The molecule has 0 bridgehead atoms. The third-order valence-corrected chi connectivity index (χ3v) is 3.96. The van der Waals surface area contributed by atoms with Crippen molar-refractivity contribution in [2.75, 3.05) is 13.6 Å². The molecule has 1 N–H and O–H groups in total. The Morgan fingerprint density at radius 2 is 2.06 bits per heavy atom.